The maximum absolute atomic E-state index is 13.8. The number of aldehydes is 1. The Labute approximate surface area is 405 Å². The number of allylic oxidation sites excluding steroid dienone is 3. The molecule has 0 aromatic heterocycles. The molecule has 0 bridgehead atoms. The fourth-order valence-electron chi connectivity index (χ4n) is 9.51. The number of aliphatic hydroxyl groups is 5. The molecule has 3 fully saturated rings. The summed E-state index contributed by atoms with van der Waals surface area (Å²) in [5, 5.41) is 55.8. The predicted octanol–water partition coefficient (Wildman–Crippen LogP) is 0.905. The maximum atomic E-state index is 13.8. The van der Waals surface area contributed by atoms with Gasteiger partial charge in [-0.05, 0) is 73.5 Å². The van der Waals surface area contributed by atoms with Crippen molar-refractivity contribution in [1.82, 2.24) is 4.90 Å². The number of methoxy groups -OCH3 is 2. The highest BCUT2D eigenvalue weighted by atomic mass is 31.2. The normalized spacial score (nSPS) is 43.5. The zero-order valence-corrected chi connectivity index (χ0v) is 42.8. The summed E-state index contributed by atoms with van der Waals surface area (Å²) in [6.07, 6.45) is -8.49. The van der Waals surface area contributed by atoms with Crippen LogP contribution in [0, 0.1) is 23.7 Å². The minimum atomic E-state index is -4.64. The molecular formula is C46H80NO21P. The molecule has 0 saturated carbocycles. The van der Waals surface area contributed by atoms with Crippen LogP contribution in [0.4, 0.5) is 0 Å². The van der Waals surface area contributed by atoms with E-state index in [0.717, 1.165) is 6.29 Å². The molecule has 400 valence electrons. The number of aliphatic hydroxyl groups excluding tert-OH is 4. The zero-order chi connectivity index (χ0) is 52.3. The molecule has 4 rings (SSSR count). The quantitative estimate of drug-likeness (QED) is 0.0722. The van der Waals surface area contributed by atoms with Gasteiger partial charge in [0.2, 0.25) is 0 Å². The van der Waals surface area contributed by atoms with Crippen LogP contribution in [-0.4, -0.2) is 202 Å². The van der Waals surface area contributed by atoms with Gasteiger partial charge in [0.15, 0.2) is 24.7 Å². The molecule has 0 radical (unpaired) electrons. The van der Waals surface area contributed by atoms with E-state index in [4.69, 9.17) is 61.9 Å². The van der Waals surface area contributed by atoms with Gasteiger partial charge in [-0.2, -0.15) is 0 Å². The van der Waals surface area contributed by atoms with Crippen molar-refractivity contribution in [3.63, 3.8) is 0 Å². The van der Waals surface area contributed by atoms with E-state index >= 15 is 0 Å². The van der Waals surface area contributed by atoms with Crippen molar-refractivity contribution in [1.29, 1.82) is 0 Å². The van der Waals surface area contributed by atoms with E-state index in [-0.39, 0.29) is 31.7 Å². The van der Waals surface area contributed by atoms with Crippen molar-refractivity contribution in [3.8, 4) is 0 Å². The molecule has 23 heteroatoms. The van der Waals surface area contributed by atoms with Gasteiger partial charge in [0.05, 0.1) is 55.2 Å². The van der Waals surface area contributed by atoms with E-state index in [1.165, 1.54) is 27.2 Å². The van der Waals surface area contributed by atoms with Crippen LogP contribution in [0.25, 0.3) is 0 Å². The Bertz CT molecular complexity index is 1720. The lowest BCUT2D eigenvalue weighted by atomic mass is 9.79. The van der Waals surface area contributed by atoms with Crippen LogP contribution >= 0.6 is 7.82 Å². The van der Waals surface area contributed by atoms with Gasteiger partial charge in [-0.25, -0.2) is 4.57 Å². The molecule has 3 saturated heterocycles. The van der Waals surface area contributed by atoms with Crippen molar-refractivity contribution < 1.29 is 102 Å². The SMILES string of the molecule is CC[C@H]1OC(=O)C[C@@H](O)[C@H](C)[C@@H](O[C@@H]2O[C@H](C)[C@@H](O[C@H]3C[C@@](C)(O)[C@@H](O)[C@H](C)O3)[C@H](N(C)C)[C@H]2O)[C@@H](CC=O)C[C@@H](C)C(=O)/C=C\C(C)=C/[C@@H]1CO[C@@H]1O[C@H](C)[C@@H](O)[C@@H](OC)[C@H]1OC.O=P(O)(O)O. The van der Waals surface area contributed by atoms with Crippen LogP contribution in [-0.2, 0) is 61.6 Å². The lowest BCUT2D eigenvalue weighted by Crippen LogP contribution is -2.65. The summed E-state index contributed by atoms with van der Waals surface area (Å²) in [6, 6.07) is -0.748. The van der Waals surface area contributed by atoms with Gasteiger partial charge in [0.25, 0.3) is 0 Å². The Morgan fingerprint density at radius 3 is 2.01 bits per heavy atom. The van der Waals surface area contributed by atoms with E-state index < -0.39 is 148 Å². The van der Waals surface area contributed by atoms with Crippen LogP contribution in [0.15, 0.2) is 23.8 Å². The van der Waals surface area contributed by atoms with Crippen molar-refractivity contribution in [2.24, 2.45) is 23.7 Å². The molecule has 22 nitrogen and oxygen atoms in total. The van der Waals surface area contributed by atoms with Gasteiger partial charge >= 0.3 is 13.8 Å². The van der Waals surface area contributed by atoms with Crippen LogP contribution < -0.4 is 0 Å². The summed E-state index contributed by atoms with van der Waals surface area (Å²) in [4.78, 5) is 63.1. The fraction of sp³-hybridized carbons (Fsp3) is 0.848. The Morgan fingerprint density at radius 1 is 0.855 bits per heavy atom. The number of phosphoric acid groups is 1. The van der Waals surface area contributed by atoms with E-state index in [1.807, 2.05) is 19.9 Å². The Morgan fingerprint density at radius 2 is 1.46 bits per heavy atom. The smallest absolute Gasteiger partial charge is 0.462 e. The number of esters is 1. The third-order valence-electron chi connectivity index (χ3n) is 13.4. The molecule has 4 aliphatic heterocycles. The second-order valence-corrected chi connectivity index (χ2v) is 20.3. The summed E-state index contributed by atoms with van der Waals surface area (Å²) < 4.78 is 63.6. The second kappa shape index (κ2) is 27.2. The summed E-state index contributed by atoms with van der Waals surface area (Å²) in [5.41, 5.74) is -0.806. The zero-order valence-electron chi connectivity index (χ0n) is 41.9. The standard InChI is InChI=1S/C46H77NO17.H3O4P/c1-13-33-30(22-58-45-42(57-12)41(56-11)37(52)26(5)60-45)18-23(2)14-15-31(49)24(3)19-29(16-17-48)39(25(4)32(50)20-34(51)62-33)64-44-38(53)36(47(9)10)40(27(6)61-44)63-35-21-46(8,55)43(54)28(7)59-35;1-5(2,3)4/h14-15,17-18,24-30,32-33,35-45,50,52-55H,13,16,19-22H2,1-12H3;(H3,1,2,3,4)/b15-14-,23-18-;/t24-,25+,26-,27-,28+,29+,30-,32-,33-,35+,36-,37-,38-,39-,40-,41-,42-,43+,44+,45-,46-;/m1./s1. The molecular weight excluding hydrogens is 933 g/mol. The second-order valence-electron chi connectivity index (χ2n) is 19.3. The number of hydrogen-bond acceptors (Lipinski definition) is 19. The van der Waals surface area contributed by atoms with E-state index in [9.17, 15) is 39.9 Å². The minimum Gasteiger partial charge on any atom is -0.462 e. The number of carbonyl (C=O) groups excluding carboxylic acids is 3. The van der Waals surface area contributed by atoms with Crippen molar-refractivity contribution in [3.05, 3.63) is 23.8 Å². The Kier molecular flexibility index (Phi) is 24.1. The molecule has 4 heterocycles. The monoisotopic (exact) mass is 1010 g/mol. The number of ketones is 1. The molecule has 21 atom stereocenters. The number of cyclic esters (lactones) is 1. The van der Waals surface area contributed by atoms with Gasteiger partial charge in [-0.1, -0.05) is 38.5 Å². The highest BCUT2D eigenvalue weighted by Crippen LogP contribution is 2.38. The number of ether oxygens (including phenoxy) is 9. The lowest BCUT2D eigenvalue weighted by Gasteiger charge is -2.50. The molecule has 0 aliphatic carbocycles. The van der Waals surface area contributed by atoms with Gasteiger partial charge in [0, 0.05) is 44.8 Å². The molecule has 0 unspecified atom stereocenters. The molecule has 0 aromatic rings. The number of rotatable bonds is 13. The van der Waals surface area contributed by atoms with Crippen LogP contribution in [0.2, 0.25) is 0 Å². The van der Waals surface area contributed by atoms with E-state index in [1.54, 1.807) is 59.7 Å². The number of likely N-dealkylation sites (N-methyl/N-ethyl adjacent to an activating group) is 1. The fourth-order valence-corrected chi connectivity index (χ4v) is 9.51. The highest BCUT2D eigenvalue weighted by molar-refractivity contribution is 7.45. The van der Waals surface area contributed by atoms with E-state index in [2.05, 4.69) is 0 Å². The topological polar surface area (TPSA) is 316 Å². The van der Waals surface area contributed by atoms with Crippen LogP contribution in [0.3, 0.4) is 0 Å². The van der Waals surface area contributed by atoms with Gasteiger partial charge in [-0.3, -0.25) is 9.59 Å². The molecule has 0 aromatic carbocycles. The van der Waals surface area contributed by atoms with Gasteiger partial charge < -0.3 is 92.5 Å². The maximum Gasteiger partial charge on any atom is 0.466 e. The molecule has 0 amide bonds. The van der Waals surface area contributed by atoms with E-state index in [0.29, 0.717) is 12.0 Å². The molecule has 8 N–H and O–H groups in total. The Balaban J connectivity index is 0.00000239. The lowest BCUT2D eigenvalue weighted by molar-refractivity contribution is -0.341. The first kappa shape index (κ1) is 61.1. The highest BCUT2D eigenvalue weighted by Gasteiger charge is 2.52. The molecule has 69 heavy (non-hydrogen) atoms. The Hall–Kier alpha value is -2.16. The first-order chi connectivity index (χ1) is 32.1. The number of carbonyl (C=O) groups is 3. The summed E-state index contributed by atoms with van der Waals surface area (Å²) in [7, 11) is 1.79. The average Bonchev–Trinajstić information content (AvgIpc) is 3.25. The van der Waals surface area contributed by atoms with Gasteiger partial charge in [-0.15, -0.1) is 0 Å². The molecule has 0 spiro atoms. The average molecular weight is 1010 g/mol. The van der Waals surface area contributed by atoms with Crippen LogP contribution in [0.5, 0.6) is 0 Å². The summed E-state index contributed by atoms with van der Waals surface area (Å²) in [5.74, 6) is -3.59. The molecule has 4 aliphatic rings. The predicted molar refractivity (Wildman–Crippen MR) is 245 cm³/mol. The van der Waals surface area contributed by atoms with Crippen LogP contribution in [0.1, 0.15) is 87.5 Å². The third kappa shape index (κ3) is 17.5. The number of nitrogens with zero attached hydrogens (tertiary/aromatic N) is 1. The first-order valence-electron chi connectivity index (χ1n) is 23.5. The minimum absolute atomic E-state index is 0.00788. The number of hydrogen-bond donors (Lipinski definition) is 8. The van der Waals surface area contributed by atoms with Crippen molar-refractivity contribution in [2.45, 2.75) is 191 Å². The summed E-state index contributed by atoms with van der Waals surface area (Å²) in [6.45, 7) is 13.6. The first-order valence-corrected chi connectivity index (χ1v) is 25.0. The summed E-state index contributed by atoms with van der Waals surface area (Å²) >= 11 is 0. The third-order valence-corrected chi connectivity index (χ3v) is 13.4. The largest absolute Gasteiger partial charge is 0.466 e. The van der Waals surface area contributed by atoms with Crippen molar-refractivity contribution in [2.75, 3.05) is 34.9 Å². The van der Waals surface area contributed by atoms with Crippen molar-refractivity contribution >= 4 is 25.9 Å². The van der Waals surface area contributed by atoms with Gasteiger partial charge in [0.1, 0.15) is 49.0 Å².